The normalized spacial score (nSPS) is 9.06. The van der Waals surface area contributed by atoms with Crippen LogP contribution in [0.15, 0.2) is 12.1 Å². The molecule has 5 heteroatoms. The molecule has 82 valence electrons. The van der Waals surface area contributed by atoms with Crippen molar-refractivity contribution < 1.29 is 19.1 Å². The molecule has 0 fully saturated rings. The zero-order chi connectivity index (χ0) is 12.1. The number of carbonyl (C=O) groups is 2. The SMILES string of the molecule is COC(=O)c1c(C#N)ccc(OC)c1C=O. The predicted molar refractivity (Wildman–Crippen MR) is 54.4 cm³/mol. The van der Waals surface area contributed by atoms with E-state index in [0.717, 1.165) is 0 Å². The van der Waals surface area contributed by atoms with Crippen LogP contribution in [-0.2, 0) is 4.74 Å². The number of nitrogens with zero attached hydrogens (tertiary/aromatic N) is 1. The lowest BCUT2D eigenvalue weighted by Gasteiger charge is -2.09. The van der Waals surface area contributed by atoms with E-state index in [1.165, 1.54) is 26.4 Å². The number of carbonyl (C=O) groups excluding carboxylic acids is 2. The number of rotatable bonds is 3. The molecule has 0 bridgehead atoms. The first-order chi connectivity index (χ1) is 7.69. The summed E-state index contributed by atoms with van der Waals surface area (Å²) >= 11 is 0. The van der Waals surface area contributed by atoms with Gasteiger partial charge in [0.2, 0.25) is 0 Å². The first-order valence-electron chi connectivity index (χ1n) is 4.34. The van der Waals surface area contributed by atoms with E-state index in [0.29, 0.717) is 6.29 Å². The number of ether oxygens (including phenoxy) is 2. The zero-order valence-corrected chi connectivity index (χ0v) is 8.81. The molecule has 0 amide bonds. The van der Waals surface area contributed by atoms with E-state index in [1.807, 2.05) is 6.07 Å². The molecular formula is C11H9NO4. The fourth-order valence-electron chi connectivity index (χ4n) is 1.31. The summed E-state index contributed by atoms with van der Waals surface area (Å²) in [5, 5.41) is 8.83. The number of hydrogen-bond donors (Lipinski definition) is 0. The summed E-state index contributed by atoms with van der Waals surface area (Å²) < 4.78 is 9.44. The lowest BCUT2D eigenvalue weighted by atomic mass is 10.0. The standard InChI is InChI=1S/C11H9NO4/c1-15-9-4-3-7(5-12)10(8(9)6-13)11(14)16-2/h3-4,6H,1-2H3. The molecule has 1 rings (SSSR count). The lowest BCUT2D eigenvalue weighted by Crippen LogP contribution is -2.09. The third kappa shape index (κ3) is 1.86. The largest absolute Gasteiger partial charge is 0.496 e. The van der Waals surface area contributed by atoms with Gasteiger partial charge in [-0.15, -0.1) is 0 Å². The molecule has 0 aliphatic heterocycles. The van der Waals surface area contributed by atoms with Gasteiger partial charge in [0.1, 0.15) is 11.8 Å². The molecule has 0 saturated carbocycles. The van der Waals surface area contributed by atoms with Crippen LogP contribution in [0.4, 0.5) is 0 Å². The highest BCUT2D eigenvalue weighted by Gasteiger charge is 2.20. The summed E-state index contributed by atoms with van der Waals surface area (Å²) in [6.45, 7) is 0. The third-order valence-corrected chi connectivity index (χ3v) is 2.05. The van der Waals surface area contributed by atoms with Gasteiger partial charge in [-0.05, 0) is 12.1 Å². The van der Waals surface area contributed by atoms with Gasteiger partial charge in [0, 0.05) is 0 Å². The molecule has 0 aromatic heterocycles. The molecule has 0 unspecified atom stereocenters. The molecular weight excluding hydrogens is 210 g/mol. The Bertz CT molecular complexity index is 474. The van der Waals surface area contributed by atoms with E-state index < -0.39 is 5.97 Å². The summed E-state index contributed by atoms with van der Waals surface area (Å²) in [6.07, 6.45) is 0.464. The van der Waals surface area contributed by atoms with Crippen molar-refractivity contribution in [1.29, 1.82) is 5.26 Å². The van der Waals surface area contributed by atoms with Crippen molar-refractivity contribution in [2.45, 2.75) is 0 Å². The molecule has 0 radical (unpaired) electrons. The summed E-state index contributed by atoms with van der Waals surface area (Å²) in [5.41, 5.74) is 0.0301. The number of benzene rings is 1. The number of esters is 1. The van der Waals surface area contributed by atoms with Crippen LogP contribution in [0, 0.1) is 11.3 Å². The fraction of sp³-hybridized carbons (Fsp3) is 0.182. The van der Waals surface area contributed by atoms with Crippen molar-refractivity contribution in [3.05, 3.63) is 28.8 Å². The van der Waals surface area contributed by atoms with E-state index in [2.05, 4.69) is 4.74 Å². The van der Waals surface area contributed by atoms with Crippen LogP contribution in [0.3, 0.4) is 0 Å². The van der Waals surface area contributed by atoms with Crippen molar-refractivity contribution in [2.75, 3.05) is 14.2 Å². The van der Waals surface area contributed by atoms with Crippen molar-refractivity contribution in [2.24, 2.45) is 0 Å². The van der Waals surface area contributed by atoms with Crippen LogP contribution >= 0.6 is 0 Å². The Hall–Kier alpha value is -2.35. The van der Waals surface area contributed by atoms with Gasteiger partial charge in [-0.25, -0.2) is 4.79 Å². The molecule has 0 saturated heterocycles. The lowest BCUT2D eigenvalue weighted by molar-refractivity contribution is 0.0597. The molecule has 16 heavy (non-hydrogen) atoms. The van der Waals surface area contributed by atoms with E-state index in [-0.39, 0.29) is 22.4 Å². The number of hydrogen-bond acceptors (Lipinski definition) is 5. The van der Waals surface area contributed by atoms with Crippen molar-refractivity contribution in [1.82, 2.24) is 0 Å². The Morgan fingerprint density at radius 3 is 2.56 bits per heavy atom. The first-order valence-corrected chi connectivity index (χ1v) is 4.34. The minimum absolute atomic E-state index is 0.0217. The number of aldehydes is 1. The van der Waals surface area contributed by atoms with E-state index >= 15 is 0 Å². The highest BCUT2D eigenvalue weighted by atomic mass is 16.5. The maximum atomic E-state index is 11.5. The maximum Gasteiger partial charge on any atom is 0.340 e. The van der Waals surface area contributed by atoms with Crippen LogP contribution in [0.2, 0.25) is 0 Å². The van der Waals surface area contributed by atoms with Crippen LogP contribution in [0.25, 0.3) is 0 Å². The van der Waals surface area contributed by atoms with Crippen LogP contribution in [0.5, 0.6) is 5.75 Å². The third-order valence-electron chi connectivity index (χ3n) is 2.05. The Morgan fingerprint density at radius 2 is 2.12 bits per heavy atom. The Labute approximate surface area is 92.2 Å². The van der Waals surface area contributed by atoms with Gasteiger partial charge in [-0.3, -0.25) is 4.79 Å². The molecule has 0 spiro atoms. The van der Waals surface area contributed by atoms with Crippen molar-refractivity contribution >= 4 is 12.3 Å². The molecule has 5 nitrogen and oxygen atoms in total. The first kappa shape index (κ1) is 11.7. The van der Waals surface area contributed by atoms with Crippen LogP contribution in [0.1, 0.15) is 26.3 Å². The average molecular weight is 219 g/mol. The van der Waals surface area contributed by atoms with Crippen molar-refractivity contribution in [3.63, 3.8) is 0 Å². The molecule has 1 aromatic carbocycles. The van der Waals surface area contributed by atoms with Gasteiger partial charge in [-0.1, -0.05) is 0 Å². The van der Waals surface area contributed by atoms with Crippen molar-refractivity contribution in [3.8, 4) is 11.8 Å². The molecule has 0 aliphatic carbocycles. The smallest absolute Gasteiger partial charge is 0.340 e. The molecule has 1 aromatic rings. The van der Waals surface area contributed by atoms with Gasteiger partial charge >= 0.3 is 5.97 Å². The monoisotopic (exact) mass is 219 g/mol. The van der Waals surface area contributed by atoms with Gasteiger partial charge in [0.15, 0.2) is 6.29 Å². The number of methoxy groups -OCH3 is 2. The van der Waals surface area contributed by atoms with E-state index in [1.54, 1.807) is 0 Å². The van der Waals surface area contributed by atoms with Crippen LogP contribution in [-0.4, -0.2) is 26.5 Å². The second-order valence-electron chi connectivity index (χ2n) is 2.83. The topological polar surface area (TPSA) is 76.4 Å². The Morgan fingerprint density at radius 1 is 1.44 bits per heavy atom. The summed E-state index contributed by atoms with van der Waals surface area (Å²) in [4.78, 5) is 22.4. The van der Waals surface area contributed by atoms with E-state index in [4.69, 9.17) is 10.00 Å². The van der Waals surface area contributed by atoms with Gasteiger partial charge in [0.25, 0.3) is 0 Å². The molecule has 0 heterocycles. The maximum absolute atomic E-state index is 11.5. The second kappa shape index (κ2) is 4.94. The minimum Gasteiger partial charge on any atom is -0.496 e. The summed E-state index contributed by atoms with van der Waals surface area (Å²) in [6, 6.07) is 4.68. The molecule has 0 N–H and O–H groups in total. The van der Waals surface area contributed by atoms with Gasteiger partial charge in [0.05, 0.1) is 30.9 Å². The molecule has 0 aliphatic rings. The Balaban J connectivity index is 3.56. The van der Waals surface area contributed by atoms with Crippen LogP contribution < -0.4 is 4.74 Å². The summed E-state index contributed by atoms with van der Waals surface area (Å²) in [7, 11) is 2.55. The van der Waals surface area contributed by atoms with Gasteiger partial charge < -0.3 is 9.47 Å². The molecule has 0 atom stereocenters. The minimum atomic E-state index is -0.738. The number of nitriles is 1. The Kier molecular flexibility index (Phi) is 3.62. The summed E-state index contributed by atoms with van der Waals surface area (Å²) in [5.74, 6) is -0.507. The highest BCUT2D eigenvalue weighted by molar-refractivity contribution is 6.02. The van der Waals surface area contributed by atoms with E-state index in [9.17, 15) is 9.59 Å². The predicted octanol–water partition coefficient (Wildman–Crippen LogP) is 1.17. The highest BCUT2D eigenvalue weighted by Crippen LogP contribution is 2.24. The zero-order valence-electron chi connectivity index (χ0n) is 8.81. The average Bonchev–Trinajstić information content (AvgIpc) is 2.35. The second-order valence-corrected chi connectivity index (χ2v) is 2.83. The quantitative estimate of drug-likeness (QED) is 0.563. The van der Waals surface area contributed by atoms with Gasteiger partial charge in [-0.2, -0.15) is 5.26 Å². The fourth-order valence-corrected chi connectivity index (χ4v) is 1.31.